The molecule has 2 saturated heterocycles. The molecule has 1 aromatic rings. The number of rotatable bonds is 10. The topological polar surface area (TPSA) is 315 Å². The number of amides is 8. The van der Waals surface area contributed by atoms with Crippen LogP contribution in [0.25, 0.3) is 0 Å². The number of nitrogens with two attached hydrogens (primary N) is 2. The van der Waals surface area contributed by atoms with Gasteiger partial charge in [0.1, 0.15) is 29.8 Å². The number of ketones is 1. The number of carbonyl (C=O) groups excluding carboxylic acids is 9. The van der Waals surface area contributed by atoms with Crippen molar-refractivity contribution in [2.75, 3.05) is 12.3 Å². The maximum absolute atomic E-state index is 13.8. The summed E-state index contributed by atoms with van der Waals surface area (Å²) in [7, 11) is 0. The number of thioether (sulfide) groups is 1. The minimum absolute atomic E-state index is 0.0530. The summed E-state index contributed by atoms with van der Waals surface area (Å²) in [4.78, 5) is 131. The summed E-state index contributed by atoms with van der Waals surface area (Å²) in [6.45, 7) is 2.97. The van der Waals surface area contributed by atoms with Crippen molar-refractivity contribution in [2.45, 2.75) is 88.2 Å². The average Bonchev–Trinajstić information content (AvgIpc) is 3.37. The van der Waals surface area contributed by atoms with Crippen LogP contribution in [-0.2, 0) is 54.4 Å². The van der Waals surface area contributed by atoms with Gasteiger partial charge in [0, 0.05) is 38.0 Å². The highest BCUT2D eigenvalue weighted by Crippen LogP contribution is 2.28. The average molecular weight is 776 g/mol. The molecule has 20 heteroatoms. The standard InChI is InChI=1S/C34H45N7O12S/c1-3-16(2)28-32(50)38-20(8-9-24(35)43)30(48)39-21(13-25(36)44)29(47)19(34(52)53)15-54-23-14-27(46)41(33(23)51)11-10-26(45)37-22(31(49)40-28)12-17-4-6-18(42)7-5-17/h4-7,16,19-23,28,42H,3,8-15H2,1-2H3,(H2,35,43)(H2,36,44)(H,37,45)(H,38,50)(H,39,48)(H,40,49)(H,52,53)/t16-,19?,20?,21-,22-,23?,28-/m0/s1. The zero-order chi connectivity index (χ0) is 40.3. The van der Waals surface area contributed by atoms with E-state index in [0.29, 0.717) is 23.7 Å². The molecule has 0 spiro atoms. The SMILES string of the molecule is CC[C@H](C)[C@@H]1NC(=O)[C@H](Cc2ccc(O)cc2)NC(=O)CCN2C(=O)CC(SCC(C(=O)O)C(=O)[C@H](CC(N)=O)NC(=O)C(CCC(N)=O)NC1=O)C2=O. The van der Waals surface area contributed by atoms with E-state index in [1.54, 1.807) is 13.8 Å². The van der Waals surface area contributed by atoms with Gasteiger partial charge in [0.2, 0.25) is 47.3 Å². The zero-order valence-electron chi connectivity index (χ0n) is 29.7. The number of carbonyl (C=O) groups is 10. The van der Waals surface area contributed by atoms with E-state index in [4.69, 9.17) is 11.5 Å². The van der Waals surface area contributed by atoms with Crippen molar-refractivity contribution < 1.29 is 58.2 Å². The Labute approximate surface area is 314 Å². The molecule has 2 heterocycles. The van der Waals surface area contributed by atoms with E-state index < -0.39 is 132 Å². The van der Waals surface area contributed by atoms with Crippen molar-refractivity contribution in [3.8, 4) is 5.75 Å². The lowest BCUT2D eigenvalue weighted by Gasteiger charge is -2.29. The number of nitrogens with one attached hydrogen (secondary N) is 4. The van der Waals surface area contributed by atoms with Crippen LogP contribution in [0.3, 0.4) is 0 Å². The molecule has 2 aliphatic rings. The van der Waals surface area contributed by atoms with Crippen LogP contribution >= 0.6 is 11.8 Å². The number of fused-ring (bicyclic) bond motifs is 2. The number of aromatic hydroxyl groups is 1. The zero-order valence-corrected chi connectivity index (χ0v) is 30.5. The second-order valence-corrected chi connectivity index (χ2v) is 14.3. The van der Waals surface area contributed by atoms with Crippen LogP contribution in [0.2, 0.25) is 0 Å². The smallest absolute Gasteiger partial charge is 0.314 e. The Hall–Kier alpha value is -5.53. The fourth-order valence-electron chi connectivity index (χ4n) is 5.77. The molecule has 2 bridgehead atoms. The second-order valence-electron chi connectivity index (χ2n) is 13.1. The van der Waals surface area contributed by atoms with E-state index in [1.807, 2.05) is 0 Å². The van der Waals surface area contributed by atoms with Gasteiger partial charge in [-0.1, -0.05) is 32.4 Å². The first kappa shape index (κ1) is 42.9. The third-order valence-corrected chi connectivity index (χ3v) is 10.4. The quantitative estimate of drug-likeness (QED) is 0.0909. The first-order chi connectivity index (χ1) is 25.4. The Morgan fingerprint density at radius 1 is 0.889 bits per heavy atom. The minimum Gasteiger partial charge on any atom is -0.508 e. The summed E-state index contributed by atoms with van der Waals surface area (Å²) in [6, 6.07) is -0.300. The van der Waals surface area contributed by atoms with E-state index in [2.05, 4.69) is 21.3 Å². The van der Waals surface area contributed by atoms with Gasteiger partial charge in [0.05, 0.1) is 17.7 Å². The van der Waals surface area contributed by atoms with Crippen LogP contribution in [0.1, 0.15) is 57.9 Å². The molecule has 3 rings (SSSR count). The summed E-state index contributed by atoms with van der Waals surface area (Å²) in [5, 5.41) is 28.5. The number of phenolic OH excluding ortho intramolecular Hbond substituents is 1. The molecule has 3 unspecified atom stereocenters. The molecule has 0 aliphatic carbocycles. The lowest BCUT2D eigenvalue weighted by Crippen LogP contribution is -2.60. The molecule has 0 radical (unpaired) electrons. The molecular weight excluding hydrogens is 730 g/mol. The highest BCUT2D eigenvalue weighted by atomic mass is 32.2. The van der Waals surface area contributed by atoms with Crippen molar-refractivity contribution in [3.05, 3.63) is 29.8 Å². The Bertz CT molecular complexity index is 1660. The van der Waals surface area contributed by atoms with Gasteiger partial charge in [-0.25, -0.2) is 0 Å². The molecule has 2 fully saturated rings. The molecule has 294 valence electrons. The van der Waals surface area contributed by atoms with Crippen LogP contribution < -0.4 is 32.7 Å². The fraction of sp³-hybridized carbons (Fsp3) is 0.529. The number of aliphatic carboxylic acids is 1. The van der Waals surface area contributed by atoms with Gasteiger partial charge in [-0.15, -0.1) is 11.8 Å². The van der Waals surface area contributed by atoms with E-state index in [0.717, 1.165) is 4.90 Å². The monoisotopic (exact) mass is 775 g/mol. The molecule has 8 amide bonds. The van der Waals surface area contributed by atoms with Crippen molar-refractivity contribution in [2.24, 2.45) is 23.3 Å². The number of carboxylic acid groups (broad SMARTS) is 1. The van der Waals surface area contributed by atoms with Gasteiger partial charge in [0.15, 0.2) is 5.78 Å². The molecule has 7 atom stereocenters. The fourth-order valence-corrected chi connectivity index (χ4v) is 7.04. The molecule has 1 aromatic carbocycles. The molecule has 0 saturated carbocycles. The van der Waals surface area contributed by atoms with Gasteiger partial charge in [-0.05, 0) is 30.0 Å². The highest BCUT2D eigenvalue weighted by Gasteiger charge is 2.42. The van der Waals surface area contributed by atoms with Gasteiger partial charge < -0.3 is 42.9 Å². The summed E-state index contributed by atoms with van der Waals surface area (Å²) >= 11 is 0.688. The third kappa shape index (κ3) is 12.0. The van der Waals surface area contributed by atoms with Crippen molar-refractivity contribution in [1.29, 1.82) is 0 Å². The van der Waals surface area contributed by atoms with Crippen LogP contribution in [-0.4, -0.2) is 116 Å². The number of hydrogen-bond donors (Lipinski definition) is 8. The lowest BCUT2D eigenvalue weighted by molar-refractivity contribution is -0.147. The van der Waals surface area contributed by atoms with Crippen molar-refractivity contribution >= 4 is 70.8 Å². The van der Waals surface area contributed by atoms with Gasteiger partial charge in [0.25, 0.3) is 0 Å². The lowest BCUT2D eigenvalue weighted by atomic mass is 9.95. The number of primary amides is 2. The minimum atomic E-state index is -1.90. The van der Waals surface area contributed by atoms with E-state index in [9.17, 15) is 58.2 Å². The number of Topliss-reactive ketones (excluding diaryl/α,β-unsaturated/α-hetero) is 1. The van der Waals surface area contributed by atoms with Crippen LogP contribution in [0.15, 0.2) is 24.3 Å². The van der Waals surface area contributed by atoms with Crippen molar-refractivity contribution in [3.63, 3.8) is 0 Å². The normalized spacial score (nSPS) is 25.7. The third-order valence-electron chi connectivity index (χ3n) is 9.07. The summed E-state index contributed by atoms with van der Waals surface area (Å²) in [5.74, 6) is -12.8. The number of phenols is 1. The number of carboxylic acids is 1. The summed E-state index contributed by atoms with van der Waals surface area (Å²) in [6.07, 6.45) is -2.27. The predicted octanol–water partition coefficient (Wildman–Crippen LogP) is -2.40. The molecule has 54 heavy (non-hydrogen) atoms. The molecule has 0 aromatic heterocycles. The Morgan fingerprint density at radius 3 is 2.11 bits per heavy atom. The molecule has 2 aliphatic heterocycles. The predicted molar refractivity (Wildman–Crippen MR) is 190 cm³/mol. The summed E-state index contributed by atoms with van der Waals surface area (Å²) in [5.41, 5.74) is 11.1. The van der Waals surface area contributed by atoms with E-state index >= 15 is 0 Å². The molecule has 19 nitrogen and oxygen atoms in total. The Balaban J connectivity index is 2.07. The summed E-state index contributed by atoms with van der Waals surface area (Å²) < 4.78 is 0. The number of imide groups is 1. The van der Waals surface area contributed by atoms with Gasteiger partial charge in [-0.3, -0.25) is 52.8 Å². The maximum atomic E-state index is 13.8. The maximum Gasteiger partial charge on any atom is 0.314 e. The van der Waals surface area contributed by atoms with Crippen LogP contribution in [0.5, 0.6) is 5.75 Å². The van der Waals surface area contributed by atoms with Crippen molar-refractivity contribution in [1.82, 2.24) is 26.2 Å². The Morgan fingerprint density at radius 2 is 1.52 bits per heavy atom. The Kier molecular flexibility index (Phi) is 15.5. The van der Waals surface area contributed by atoms with Crippen LogP contribution in [0.4, 0.5) is 0 Å². The first-order valence-electron chi connectivity index (χ1n) is 17.2. The number of benzene rings is 1. The molecule has 10 N–H and O–H groups in total. The van der Waals surface area contributed by atoms with E-state index in [-0.39, 0.29) is 25.1 Å². The number of hydrogen-bond acceptors (Lipinski definition) is 12. The van der Waals surface area contributed by atoms with Gasteiger partial charge in [-0.2, -0.15) is 0 Å². The first-order valence-corrected chi connectivity index (χ1v) is 18.2. The highest BCUT2D eigenvalue weighted by molar-refractivity contribution is 8.00. The van der Waals surface area contributed by atoms with Gasteiger partial charge >= 0.3 is 5.97 Å². The number of nitrogens with zero attached hydrogens (tertiary/aromatic N) is 1. The molecular formula is C34H45N7O12S. The van der Waals surface area contributed by atoms with E-state index in [1.165, 1.54) is 24.3 Å². The van der Waals surface area contributed by atoms with Crippen LogP contribution in [0, 0.1) is 11.8 Å². The largest absolute Gasteiger partial charge is 0.508 e. The second kappa shape index (κ2) is 19.5.